The Morgan fingerprint density at radius 3 is 2.77 bits per heavy atom. The molecule has 0 saturated carbocycles. The molecule has 0 heterocycles. The molecule has 0 spiro atoms. The normalized spacial score (nSPS) is 11.0. The molecule has 0 aliphatic carbocycles. The Bertz CT molecular complexity index is 337. The van der Waals surface area contributed by atoms with Crippen molar-refractivity contribution in [1.82, 2.24) is 0 Å². The molecular weight excluding hydrogens is 214 g/mol. The zero-order valence-electron chi connectivity index (χ0n) is 6.60. The van der Waals surface area contributed by atoms with Crippen molar-refractivity contribution in [2.45, 2.75) is 0 Å². The first kappa shape index (κ1) is 10.4. The fraction of sp³-hybridized carbons (Fsp3) is 0.111. The second kappa shape index (κ2) is 4.49. The van der Waals surface area contributed by atoms with Crippen molar-refractivity contribution < 1.29 is 9.50 Å². The Balaban J connectivity index is 3.12. The average molecular weight is 221 g/mol. The molecule has 0 atom stereocenters. The third-order valence-corrected chi connectivity index (χ3v) is 1.84. The minimum absolute atomic E-state index is 0.240. The summed E-state index contributed by atoms with van der Waals surface area (Å²) in [6.45, 7) is 0. The molecule has 4 heteroatoms. The monoisotopic (exact) mass is 220 g/mol. The molecule has 0 aliphatic rings. The maximum Gasteiger partial charge on any atom is 0.166 e. The first-order chi connectivity index (χ1) is 6.15. The van der Waals surface area contributed by atoms with E-state index in [-0.39, 0.29) is 5.02 Å². The number of aromatic hydroxyl groups is 1. The Morgan fingerprint density at radius 1 is 1.46 bits per heavy atom. The number of hydrogen-bond donors (Lipinski definition) is 1. The van der Waals surface area contributed by atoms with E-state index in [4.69, 9.17) is 23.2 Å². The fourth-order valence-electron chi connectivity index (χ4n) is 0.884. The lowest BCUT2D eigenvalue weighted by Gasteiger charge is -2.00. The average Bonchev–Trinajstić information content (AvgIpc) is 2.09. The van der Waals surface area contributed by atoms with Gasteiger partial charge in [-0.2, -0.15) is 0 Å². The second-order valence-electron chi connectivity index (χ2n) is 2.38. The van der Waals surface area contributed by atoms with Crippen LogP contribution in [-0.2, 0) is 0 Å². The quantitative estimate of drug-likeness (QED) is 0.758. The van der Waals surface area contributed by atoms with Crippen LogP contribution in [0.25, 0.3) is 6.08 Å². The number of benzene rings is 1. The molecule has 1 aromatic carbocycles. The summed E-state index contributed by atoms with van der Waals surface area (Å²) in [6, 6.07) is 2.51. The highest BCUT2D eigenvalue weighted by molar-refractivity contribution is 6.30. The standard InChI is InChI=1S/C9H7Cl2FO/c10-3-1-2-6-4-7(11)5-8(12)9(6)13/h1-2,4-5,13H,3H2. The van der Waals surface area contributed by atoms with Crippen LogP contribution < -0.4 is 0 Å². The number of phenolic OH excluding ortho intramolecular Hbond substituents is 1. The summed E-state index contributed by atoms with van der Waals surface area (Å²) in [7, 11) is 0. The zero-order chi connectivity index (χ0) is 9.84. The van der Waals surface area contributed by atoms with Crippen molar-refractivity contribution >= 4 is 29.3 Å². The molecule has 0 saturated heterocycles. The van der Waals surface area contributed by atoms with Crippen molar-refractivity contribution in [2.75, 3.05) is 5.88 Å². The van der Waals surface area contributed by atoms with Crippen molar-refractivity contribution in [3.05, 3.63) is 34.6 Å². The highest BCUT2D eigenvalue weighted by Gasteiger charge is 2.05. The van der Waals surface area contributed by atoms with Crippen molar-refractivity contribution in [3.63, 3.8) is 0 Å². The van der Waals surface area contributed by atoms with Gasteiger partial charge in [-0.3, -0.25) is 0 Å². The maximum atomic E-state index is 12.9. The van der Waals surface area contributed by atoms with Gasteiger partial charge < -0.3 is 5.11 Å². The number of allylic oxidation sites excluding steroid dienone is 1. The Labute approximate surface area is 85.4 Å². The Kier molecular flexibility index (Phi) is 3.58. The predicted molar refractivity (Wildman–Crippen MR) is 52.8 cm³/mol. The molecule has 13 heavy (non-hydrogen) atoms. The molecule has 1 rings (SSSR count). The summed E-state index contributed by atoms with van der Waals surface area (Å²) in [5, 5.41) is 9.46. The van der Waals surface area contributed by atoms with Gasteiger partial charge in [-0.1, -0.05) is 23.8 Å². The summed E-state index contributed by atoms with van der Waals surface area (Å²) >= 11 is 11.0. The predicted octanol–water partition coefficient (Wildman–Crippen LogP) is 3.44. The second-order valence-corrected chi connectivity index (χ2v) is 3.13. The summed E-state index contributed by atoms with van der Waals surface area (Å²) in [4.78, 5) is 0. The minimum atomic E-state index is -0.735. The number of phenols is 1. The van der Waals surface area contributed by atoms with Gasteiger partial charge in [0.1, 0.15) is 0 Å². The van der Waals surface area contributed by atoms with Gasteiger partial charge in [-0.05, 0) is 12.1 Å². The van der Waals surface area contributed by atoms with E-state index in [1.807, 2.05) is 0 Å². The highest BCUT2D eigenvalue weighted by Crippen LogP contribution is 2.26. The summed E-state index contributed by atoms with van der Waals surface area (Å²) in [6.07, 6.45) is 3.10. The van der Waals surface area contributed by atoms with Crippen LogP contribution in [0.2, 0.25) is 5.02 Å². The van der Waals surface area contributed by atoms with Gasteiger partial charge in [0.15, 0.2) is 11.6 Å². The molecule has 0 bridgehead atoms. The lowest BCUT2D eigenvalue weighted by molar-refractivity contribution is 0.431. The number of halogens is 3. The minimum Gasteiger partial charge on any atom is -0.504 e. The number of alkyl halides is 1. The van der Waals surface area contributed by atoms with Crippen LogP contribution in [0.1, 0.15) is 5.56 Å². The van der Waals surface area contributed by atoms with E-state index in [0.29, 0.717) is 11.4 Å². The van der Waals surface area contributed by atoms with Gasteiger partial charge in [-0.15, -0.1) is 11.6 Å². The van der Waals surface area contributed by atoms with Crippen LogP contribution >= 0.6 is 23.2 Å². The van der Waals surface area contributed by atoms with Crippen molar-refractivity contribution in [1.29, 1.82) is 0 Å². The van der Waals surface area contributed by atoms with E-state index in [1.165, 1.54) is 12.1 Å². The molecule has 1 nitrogen and oxygen atoms in total. The zero-order valence-corrected chi connectivity index (χ0v) is 8.11. The van der Waals surface area contributed by atoms with Crippen LogP contribution in [0.4, 0.5) is 4.39 Å². The number of rotatable bonds is 2. The molecule has 0 aromatic heterocycles. The third-order valence-electron chi connectivity index (χ3n) is 1.44. The van der Waals surface area contributed by atoms with E-state index in [1.54, 1.807) is 6.08 Å². The van der Waals surface area contributed by atoms with Crippen LogP contribution in [0.3, 0.4) is 0 Å². The highest BCUT2D eigenvalue weighted by atomic mass is 35.5. The van der Waals surface area contributed by atoms with Crippen molar-refractivity contribution in [2.24, 2.45) is 0 Å². The lowest BCUT2D eigenvalue weighted by atomic mass is 10.2. The van der Waals surface area contributed by atoms with Crippen LogP contribution in [-0.4, -0.2) is 11.0 Å². The van der Waals surface area contributed by atoms with Crippen molar-refractivity contribution in [3.8, 4) is 5.75 Å². The molecule has 0 fully saturated rings. The largest absolute Gasteiger partial charge is 0.504 e. The van der Waals surface area contributed by atoms with E-state index in [9.17, 15) is 9.50 Å². The van der Waals surface area contributed by atoms with Gasteiger partial charge in [0, 0.05) is 16.5 Å². The molecule has 0 amide bonds. The van der Waals surface area contributed by atoms with E-state index < -0.39 is 11.6 Å². The smallest absolute Gasteiger partial charge is 0.166 e. The molecular formula is C9H7Cl2FO. The molecule has 0 aliphatic heterocycles. The van der Waals surface area contributed by atoms with Gasteiger partial charge in [-0.25, -0.2) is 4.39 Å². The SMILES string of the molecule is Oc1c(F)cc(Cl)cc1C=CCCl. The van der Waals surface area contributed by atoms with Gasteiger partial charge >= 0.3 is 0 Å². The summed E-state index contributed by atoms with van der Waals surface area (Å²) < 4.78 is 12.9. The van der Waals surface area contributed by atoms with Crippen LogP contribution in [0.15, 0.2) is 18.2 Å². The first-order valence-corrected chi connectivity index (χ1v) is 4.47. The van der Waals surface area contributed by atoms with E-state index in [2.05, 4.69) is 0 Å². The van der Waals surface area contributed by atoms with Gasteiger partial charge in [0.25, 0.3) is 0 Å². The Morgan fingerprint density at radius 2 is 2.15 bits per heavy atom. The molecule has 1 aromatic rings. The molecule has 1 N–H and O–H groups in total. The molecule has 0 radical (unpaired) electrons. The van der Waals surface area contributed by atoms with E-state index in [0.717, 1.165) is 6.07 Å². The number of hydrogen-bond acceptors (Lipinski definition) is 1. The van der Waals surface area contributed by atoms with Gasteiger partial charge in [0.05, 0.1) is 0 Å². The maximum absolute atomic E-state index is 12.9. The summed E-state index contributed by atoms with van der Waals surface area (Å²) in [5.41, 5.74) is 0.325. The lowest BCUT2D eigenvalue weighted by Crippen LogP contribution is -1.81. The molecule has 0 unspecified atom stereocenters. The Hall–Kier alpha value is -0.730. The van der Waals surface area contributed by atoms with Crippen LogP contribution in [0, 0.1) is 5.82 Å². The summed E-state index contributed by atoms with van der Waals surface area (Å²) in [5.74, 6) is -0.847. The molecule has 70 valence electrons. The van der Waals surface area contributed by atoms with Gasteiger partial charge in [0.2, 0.25) is 0 Å². The first-order valence-electron chi connectivity index (χ1n) is 3.55. The topological polar surface area (TPSA) is 20.2 Å². The van der Waals surface area contributed by atoms with E-state index >= 15 is 0 Å². The van der Waals surface area contributed by atoms with Crippen LogP contribution in [0.5, 0.6) is 5.75 Å². The fourth-order valence-corrected chi connectivity index (χ4v) is 1.19. The third kappa shape index (κ3) is 2.61.